The fraction of sp³-hybridized carbons (Fsp3) is 0.412. The van der Waals surface area contributed by atoms with Gasteiger partial charge in [0.15, 0.2) is 0 Å². The molecule has 29 heavy (non-hydrogen) atoms. The van der Waals surface area contributed by atoms with Crippen LogP contribution in [-0.2, 0) is 14.4 Å². The van der Waals surface area contributed by atoms with Crippen LogP contribution in [0.1, 0.15) is 7.85 Å². The predicted octanol–water partition coefficient (Wildman–Crippen LogP) is -1.37. The number of carbonyl (C=O) groups excluding carboxylic acids is 2. The van der Waals surface area contributed by atoms with Crippen molar-refractivity contribution in [2.45, 2.75) is 29.6 Å². The SMILES string of the molecule is O=C(O)C1=C(CSc2ccncc2)C[C@@H]2CN(C(=O)C(F)(F)F)[C@@H]3C(=O)N1[C@H]23.[H-].[Na+]. The number of pyridine rings is 1. The van der Waals surface area contributed by atoms with Crippen molar-refractivity contribution >= 4 is 29.5 Å². The summed E-state index contributed by atoms with van der Waals surface area (Å²) in [6, 6.07) is 1.56. The summed E-state index contributed by atoms with van der Waals surface area (Å²) in [5.41, 5.74) is 0.300. The van der Waals surface area contributed by atoms with Crippen LogP contribution in [0.4, 0.5) is 13.2 Å². The number of likely N-dealkylation sites (tertiary alicyclic amines) is 1. The van der Waals surface area contributed by atoms with E-state index in [0.717, 1.165) is 9.80 Å². The zero-order chi connectivity index (χ0) is 20.2. The molecule has 12 heteroatoms. The third-order valence-electron chi connectivity index (χ3n) is 5.22. The quantitative estimate of drug-likeness (QED) is 0.355. The normalized spacial score (nSPS) is 25.3. The molecule has 2 saturated heterocycles. The smallest absolute Gasteiger partial charge is 1.00 e. The van der Waals surface area contributed by atoms with E-state index in [0.29, 0.717) is 10.5 Å². The van der Waals surface area contributed by atoms with Crippen molar-refractivity contribution in [1.82, 2.24) is 14.8 Å². The Kier molecular flexibility index (Phi) is 6.06. The second-order valence-electron chi connectivity index (χ2n) is 6.79. The van der Waals surface area contributed by atoms with Crippen LogP contribution in [0.15, 0.2) is 40.7 Å². The van der Waals surface area contributed by atoms with E-state index in [2.05, 4.69) is 4.98 Å². The first-order valence-corrected chi connectivity index (χ1v) is 9.37. The number of amides is 2. The second-order valence-corrected chi connectivity index (χ2v) is 7.84. The van der Waals surface area contributed by atoms with Crippen molar-refractivity contribution in [3.05, 3.63) is 35.8 Å². The molecule has 7 nitrogen and oxygen atoms in total. The zero-order valence-corrected chi connectivity index (χ0v) is 18.0. The van der Waals surface area contributed by atoms with Crippen molar-refractivity contribution < 1.29 is 63.6 Å². The van der Waals surface area contributed by atoms with Crippen LogP contribution in [0.25, 0.3) is 0 Å². The van der Waals surface area contributed by atoms with Gasteiger partial charge in [-0.15, -0.1) is 11.8 Å². The van der Waals surface area contributed by atoms with Gasteiger partial charge in [-0.25, -0.2) is 4.79 Å². The van der Waals surface area contributed by atoms with Crippen molar-refractivity contribution in [1.29, 1.82) is 0 Å². The van der Waals surface area contributed by atoms with E-state index in [9.17, 15) is 32.7 Å². The molecule has 2 fully saturated rings. The zero-order valence-electron chi connectivity index (χ0n) is 16.2. The maximum Gasteiger partial charge on any atom is 1.00 e. The van der Waals surface area contributed by atoms with E-state index < -0.39 is 42.0 Å². The van der Waals surface area contributed by atoms with Crippen LogP contribution in [0.3, 0.4) is 0 Å². The van der Waals surface area contributed by atoms with E-state index in [1.165, 1.54) is 11.8 Å². The number of hydrogen-bond donors (Lipinski definition) is 1. The first-order valence-electron chi connectivity index (χ1n) is 8.39. The molecule has 1 aromatic heterocycles. The van der Waals surface area contributed by atoms with Gasteiger partial charge in [0, 0.05) is 35.5 Å². The largest absolute Gasteiger partial charge is 1.00 e. The number of alkyl halides is 3. The van der Waals surface area contributed by atoms with Crippen LogP contribution in [-0.4, -0.2) is 68.2 Å². The number of halogens is 3. The molecule has 0 radical (unpaired) electrons. The fourth-order valence-electron chi connectivity index (χ4n) is 4.14. The number of nitrogens with zero attached hydrogens (tertiary/aromatic N) is 3. The number of carboxylic acids is 1. The maximum absolute atomic E-state index is 12.9. The molecule has 0 unspecified atom stereocenters. The third-order valence-corrected chi connectivity index (χ3v) is 6.31. The van der Waals surface area contributed by atoms with Crippen LogP contribution >= 0.6 is 11.8 Å². The van der Waals surface area contributed by atoms with E-state index in [-0.39, 0.29) is 55.4 Å². The standard InChI is InChI=1S/C17H14F3N3O4S.Na.H/c18-17(19,20)16(27)22-6-8-5-9(7-28-10-1-3-21-4-2-10)12(15(25)26)23-11(8)13(22)14(23)24;;/h1-4,8,11,13H,5-7H2,(H,25,26);;/q;+1;-1/t8-,11-,13+;;/m1../s1. The Hall–Kier alpha value is -1.56. The summed E-state index contributed by atoms with van der Waals surface area (Å²) in [6.07, 6.45) is -1.66. The monoisotopic (exact) mass is 437 g/mol. The molecule has 150 valence electrons. The first kappa shape index (κ1) is 22.1. The molecule has 2 amide bonds. The minimum absolute atomic E-state index is 0. The van der Waals surface area contributed by atoms with E-state index >= 15 is 0 Å². The minimum atomic E-state index is -5.07. The second kappa shape index (κ2) is 7.93. The molecule has 3 aliphatic heterocycles. The first-order chi connectivity index (χ1) is 13.2. The Morgan fingerprint density at radius 1 is 1.31 bits per heavy atom. The summed E-state index contributed by atoms with van der Waals surface area (Å²) in [5, 5.41) is 9.61. The van der Waals surface area contributed by atoms with Gasteiger partial charge < -0.3 is 11.4 Å². The van der Waals surface area contributed by atoms with Gasteiger partial charge >= 0.3 is 47.6 Å². The number of rotatable bonds is 4. The molecule has 3 aliphatic rings. The van der Waals surface area contributed by atoms with Crippen LogP contribution < -0.4 is 29.6 Å². The Balaban J connectivity index is 0.00000160. The summed E-state index contributed by atoms with van der Waals surface area (Å²) >= 11 is 1.35. The Labute approximate surface area is 191 Å². The average molecular weight is 437 g/mol. The molecule has 4 heterocycles. The Morgan fingerprint density at radius 3 is 2.55 bits per heavy atom. The van der Waals surface area contributed by atoms with Crippen molar-refractivity contribution in [2.24, 2.45) is 5.92 Å². The van der Waals surface area contributed by atoms with Gasteiger partial charge in [-0.2, -0.15) is 13.2 Å². The van der Waals surface area contributed by atoms with Crippen LogP contribution in [0.2, 0.25) is 0 Å². The van der Waals surface area contributed by atoms with Crippen molar-refractivity contribution in [2.75, 3.05) is 12.3 Å². The molecule has 1 aromatic rings. The number of carboxylic acid groups (broad SMARTS) is 1. The van der Waals surface area contributed by atoms with Gasteiger partial charge in [-0.1, -0.05) is 0 Å². The molecule has 0 bridgehead atoms. The number of thioether (sulfide) groups is 1. The summed E-state index contributed by atoms with van der Waals surface area (Å²) in [4.78, 5) is 42.3. The van der Waals surface area contributed by atoms with E-state index in [4.69, 9.17) is 0 Å². The Bertz CT molecular complexity index is 902. The summed E-state index contributed by atoms with van der Waals surface area (Å²) < 4.78 is 38.6. The molecule has 0 saturated carbocycles. The number of β-lactam (4-membered cyclic amide) rings is 1. The number of aliphatic carboxylic acids is 1. The number of aromatic nitrogens is 1. The summed E-state index contributed by atoms with van der Waals surface area (Å²) in [5.74, 6) is -4.25. The van der Waals surface area contributed by atoms with Gasteiger partial charge in [-0.3, -0.25) is 19.5 Å². The van der Waals surface area contributed by atoms with E-state index in [1.807, 2.05) is 0 Å². The average Bonchev–Trinajstić information content (AvgIpc) is 3.00. The van der Waals surface area contributed by atoms with Gasteiger partial charge in [0.1, 0.15) is 11.7 Å². The molecule has 1 N–H and O–H groups in total. The summed E-state index contributed by atoms with van der Waals surface area (Å²) in [6.45, 7) is -0.216. The molecule has 0 aliphatic carbocycles. The van der Waals surface area contributed by atoms with Crippen LogP contribution in [0.5, 0.6) is 0 Å². The number of carbonyl (C=O) groups is 3. The van der Waals surface area contributed by atoms with Crippen LogP contribution in [0, 0.1) is 5.92 Å². The molecular weight excluding hydrogens is 422 g/mol. The van der Waals surface area contributed by atoms with Crippen molar-refractivity contribution in [3.8, 4) is 0 Å². The van der Waals surface area contributed by atoms with Gasteiger partial charge in [-0.05, 0) is 24.1 Å². The maximum atomic E-state index is 12.9. The fourth-order valence-corrected chi connectivity index (χ4v) is 5.05. The van der Waals surface area contributed by atoms with Gasteiger partial charge in [0.2, 0.25) is 0 Å². The third kappa shape index (κ3) is 3.69. The molecule has 4 rings (SSSR count). The Morgan fingerprint density at radius 2 is 1.97 bits per heavy atom. The summed E-state index contributed by atoms with van der Waals surface area (Å²) in [7, 11) is 0. The molecular formula is C17H15F3N3NaO4S. The molecule has 0 aromatic carbocycles. The predicted molar refractivity (Wildman–Crippen MR) is 91.0 cm³/mol. The minimum Gasteiger partial charge on any atom is -1.00 e. The topological polar surface area (TPSA) is 90.8 Å². The molecule has 0 spiro atoms. The number of hydrogen-bond acceptors (Lipinski definition) is 5. The van der Waals surface area contributed by atoms with Crippen molar-refractivity contribution in [3.63, 3.8) is 0 Å². The van der Waals surface area contributed by atoms with E-state index in [1.54, 1.807) is 24.5 Å². The van der Waals surface area contributed by atoms with Gasteiger partial charge in [0.25, 0.3) is 5.91 Å². The van der Waals surface area contributed by atoms with Gasteiger partial charge in [0.05, 0.1) is 6.04 Å². The molecule has 3 atom stereocenters.